The van der Waals surface area contributed by atoms with E-state index in [0.717, 1.165) is 19.4 Å². The fourth-order valence-electron chi connectivity index (χ4n) is 1.98. The highest BCUT2D eigenvalue weighted by molar-refractivity contribution is 5.96. The summed E-state index contributed by atoms with van der Waals surface area (Å²) in [7, 11) is 0. The molecule has 1 aliphatic heterocycles. The molecule has 98 valence electrons. The summed E-state index contributed by atoms with van der Waals surface area (Å²) < 4.78 is 0. The Morgan fingerprint density at radius 1 is 1.53 bits per heavy atom. The number of carbonyl (C=O) groups is 2. The highest BCUT2D eigenvalue weighted by atomic mass is 16.2. The molecule has 0 radical (unpaired) electrons. The van der Waals surface area contributed by atoms with Crippen LogP contribution in [0.15, 0.2) is 0 Å². The standard InChI is InChI=1S/C11H22N4O2/c1-3-13-11(17)14-10(16)8(2)15-6-4-5-9(12)7-15/h8-9H,3-7,12H2,1-2H3,(H2,13,14,16,17)/t8?,9-/m1/s1. The Kier molecular flexibility index (Phi) is 5.37. The summed E-state index contributed by atoms with van der Waals surface area (Å²) in [6.07, 6.45) is 2.00. The second kappa shape index (κ2) is 6.56. The molecular weight excluding hydrogens is 220 g/mol. The third-order valence-corrected chi connectivity index (χ3v) is 2.99. The van der Waals surface area contributed by atoms with Gasteiger partial charge in [-0.3, -0.25) is 15.0 Å². The van der Waals surface area contributed by atoms with E-state index in [0.29, 0.717) is 13.1 Å². The van der Waals surface area contributed by atoms with Gasteiger partial charge in [0.25, 0.3) is 0 Å². The molecule has 0 aromatic heterocycles. The van der Waals surface area contributed by atoms with Gasteiger partial charge in [-0.1, -0.05) is 0 Å². The number of nitrogens with two attached hydrogens (primary N) is 1. The van der Waals surface area contributed by atoms with Gasteiger partial charge in [0.2, 0.25) is 5.91 Å². The molecule has 1 saturated heterocycles. The fraction of sp³-hybridized carbons (Fsp3) is 0.818. The van der Waals surface area contributed by atoms with Crippen molar-refractivity contribution < 1.29 is 9.59 Å². The molecule has 1 heterocycles. The van der Waals surface area contributed by atoms with Gasteiger partial charge < -0.3 is 11.1 Å². The predicted octanol–water partition coefficient (Wildman–Crippen LogP) is -0.356. The number of amides is 3. The van der Waals surface area contributed by atoms with Crippen molar-refractivity contribution in [2.75, 3.05) is 19.6 Å². The molecule has 0 bridgehead atoms. The van der Waals surface area contributed by atoms with Crippen LogP contribution >= 0.6 is 0 Å². The zero-order valence-corrected chi connectivity index (χ0v) is 10.5. The lowest BCUT2D eigenvalue weighted by atomic mass is 10.0. The van der Waals surface area contributed by atoms with Crippen LogP contribution in [-0.2, 0) is 4.79 Å². The number of nitrogens with one attached hydrogen (secondary N) is 2. The van der Waals surface area contributed by atoms with Crippen LogP contribution in [0.25, 0.3) is 0 Å². The van der Waals surface area contributed by atoms with E-state index in [2.05, 4.69) is 10.6 Å². The number of carbonyl (C=O) groups excluding carboxylic acids is 2. The Morgan fingerprint density at radius 3 is 2.82 bits per heavy atom. The van der Waals surface area contributed by atoms with Crippen molar-refractivity contribution in [3.05, 3.63) is 0 Å². The molecule has 17 heavy (non-hydrogen) atoms. The molecule has 0 spiro atoms. The zero-order chi connectivity index (χ0) is 12.8. The maximum absolute atomic E-state index is 11.8. The van der Waals surface area contributed by atoms with Crippen LogP contribution in [0.3, 0.4) is 0 Å². The highest BCUT2D eigenvalue weighted by Gasteiger charge is 2.26. The van der Waals surface area contributed by atoms with Crippen molar-refractivity contribution in [2.45, 2.75) is 38.8 Å². The second-order valence-corrected chi connectivity index (χ2v) is 4.42. The van der Waals surface area contributed by atoms with Crippen LogP contribution in [0, 0.1) is 0 Å². The number of likely N-dealkylation sites (tertiary alicyclic amines) is 1. The number of urea groups is 1. The summed E-state index contributed by atoms with van der Waals surface area (Å²) in [5.74, 6) is -0.273. The number of nitrogens with zero attached hydrogens (tertiary/aromatic N) is 1. The first-order chi connectivity index (χ1) is 8.04. The van der Waals surface area contributed by atoms with E-state index < -0.39 is 6.03 Å². The van der Waals surface area contributed by atoms with Crippen LogP contribution in [0.2, 0.25) is 0 Å². The summed E-state index contributed by atoms with van der Waals surface area (Å²) in [6.45, 7) is 5.67. The lowest BCUT2D eigenvalue weighted by Crippen LogP contribution is -2.54. The summed E-state index contributed by atoms with van der Waals surface area (Å²) in [5, 5.41) is 4.85. The normalized spacial score (nSPS) is 22.9. The molecular formula is C11H22N4O2. The number of imide groups is 1. The Morgan fingerprint density at radius 2 is 2.24 bits per heavy atom. The fourth-order valence-corrected chi connectivity index (χ4v) is 1.98. The minimum Gasteiger partial charge on any atom is -0.338 e. The number of hydrogen-bond acceptors (Lipinski definition) is 4. The minimum atomic E-state index is -0.439. The molecule has 0 aliphatic carbocycles. The average molecular weight is 242 g/mol. The summed E-state index contributed by atoms with van der Waals surface area (Å²) in [4.78, 5) is 25.0. The molecule has 6 heteroatoms. The van der Waals surface area contributed by atoms with Crippen LogP contribution in [0.1, 0.15) is 26.7 Å². The number of rotatable bonds is 3. The number of piperidine rings is 1. The Hall–Kier alpha value is -1.14. The third kappa shape index (κ3) is 4.32. The first-order valence-corrected chi connectivity index (χ1v) is 6.13. The number of hydrogen-bond donors (Lipinski definition) is 3. The van der Waals surface area contributed by atoms with Gasteiger partial charge in [0.15, 0.2) is 0 Å². The van der Waals surface area contributed by atoms with Crippen molar-refractivity contribution >= 4 is 11.9 Å². The van der Waals surface area contributed by atoms with Gasteiger partial charge in [-0.05, 0) is 33.2 Å². The van der Waals surface area contributed by atoms with Gasteiger partial charge in [0.05, 0.1) is 6.04 Å². The molecule has 0 saturated carbocycles. The molecule has 1 unspecified atom stereocenters. The van der Waals surface area contributed by atoms with E-state index in [1.165, 1.54) is 0 Å². The molecule has 0 aromatic rings. The first-order valence-electron chi connectivity index (χ1n) is 6.13. The van der Waals surface area contributed by atoms with Crippen molar-refractivity contribution in [3.8, 4) is 0 Å². The molecule has 1 rings (SSSR count). The maximum Gasteiger partial charge on any atom is 0.321 e. The molecule has 1 aliphatic rings. The largest absolute Gasteiger partial charge is 0.338 e. The summed E-state index contributed by atoms with van der Waals surface area (Å²) in [6, 6.07) is -0.627. The zero-order valence-electron chi connectivity index (χ0n) is 10.5. The van der Waals surface area contributed by atoms with E-state index in [-0.39, 0.29) is 18.0 Å². The van der Waals surface area contributed by atoms with Crippen LogP contribution < -0.4 is 16.4 Å². The van der Waals surface area contributed by atoms with Gasteiger partial charge in [0, 0.05) is 19.1 Å². The van der Waals surface area contributed by atoms with Gasteiger partial charge in [-0.2, -0.15) is 0 Å². The second-order valence-electron chi connectivity index (χ2n) is 4.42. The molecule has 3 amide bonds. The van der Waals surface area contributed by atoms with Gasteiger partial charge >= 0.3 is 6.03 Å². The topological polar surface area (TPSA) is 87.5 Å². The quantitative estimate of drug-likeness (QED) is 0.631. The van der Waals surface area contributed by atoms with Crippen molar-refractivity contribution in [1.29, 1.82) is 0 Å². The van der Waals surface area contributed by atoms with E-state index in [1.807, 2.05) is 4.90 Å². The Bertz CT molecular complexity index is 283. The van der Waals surface area contributed by atoms with Gasteiger partial charge in [-0.15, -0.1) is 0 Å². The van der Waals surface area contributed by atoms with Crippen LogP contribution in [0.4, 0.5) is 4.79 Å². The molecule has 4 N–H and O–H groups in total. The first kappa shape index (κ1) is 13.9. The lowest BCUT2D eigenvalue weighted by Gasteiger charge is -2.34. The van der Waals surface area contributed by atoms with Crippen molar-refractivity contribution in [1.82, 2.24) is 15.5 Å². The molecule has 0 aromatic carbocycles. The Balaban J connectivity index is 2.42. The molecule has 1 fully saturated rings. The third-order valence-electron chi connectivity index (χ3n) is 2.99. The monoisotopic (exact) mass is 242 g/mol. The molecule has 2 atom stereocenters. The average Bonchev–Trinajstić information content (AvgIpc) is 2.28. The van der Waals surface area contributed by atoms with E-state index in [4.69, 9.17) is 5.73 Å². The smallest absolute Gasteiger partial charge is 0.321 e. The highest BCUT2D eigenvalue weighted by Crippen LogP contribution is 2.11. The Labute approximate surface area is 102 Å². The lowest BCUT2D eigenvalue weighted by molar-refractivity contribution is -0.125. The minimum absolute atomic E-state index is 0.128. The van der Waals surface area contributed by atoms with Crippen LogP contribution in [-0.4, -0.2) is 48.6 Å². The summed E-state index contributed by atoms with van der Waals surface area (Å²) >= 11 is 0. The van der Waals surface area contributed by atoms with E-state index in [1.54, 1.807) is 13.8 Å². The summed E-state index contributed by atoms with van der Waals surface area (Å²) in [5.41, 5.74) is 5.86. The van der Waals surface area contributed by atoms with Crippen LogP contribution in [0.5, 0.6) is 0 Å². The van der Waals surface area contributed by atoms with Gasteiger partial charge in [0.1, 0.15) is 0 Å². The van der Waals surface area contributed by atoms with Crippen molar-refractivity contribution in [3.63, 3.8) is 0 Å². The van der Waals surface area contributed by atoms with E-state index in [9.17, 15) is 9.59 Å². The molecule has 6 nitrogen and oxygen atoms in total. The SMILES string of the molecule is CCNC(=O)NC(=O)C(C)N1CCC[C@@H](N)C1. The van der Waals surface area contributed by atoms with E-state index >= 15 is 0 Å². The predicted molar refractivity (Wildman–Crippen MR) is 65.5 cm³/mol. The van der Waals surface area contributed by atoms with Crippen molar-refractivity contribution in [2.24, 2.45) is 5.73 Å². The van der Waals surface area contributed by atoms with Gasteiger partial charge in [-0.25, -0.2) is 4.79 Å². The maximum atomic E-state index is 11.8.